The van der Waals surface area contributed by atoms with Crippen LogP contribution in [0.4, 0.5) is 0 Å². The molecule has 0 unspecified atom stereocenters. The van der Waals surface area contributed by atoms with Gasteiger partial charge in [0.15, 0.2) is 0 Å². The van der Waals surface area contributed by atoms with Gasteiger partial charge in [-0.3, -0.25) is 0 Å². The number of hydrogen-bond acceptors (Lipinski definition) is 2. The van der Waals surface area contributed by atoms with Crippen molar-refractivity contribution in [1.29, 1.82) is 0 Å². The summed E-state index contributed by atoms with van der Waals surface area (Å²) in [6.45, 7) is 4.94. The van der Waals surface area contributed by atoms with E-state index in [0.29, 0.717) is 13.2 Å². The van der Waals surface area contributed by atoms with Crippen LogP contribution in [0.5, 0.6) is 0 Å². The second-order valence-corrected chi connectivity index (χ2v) is 5.77. The maximum atomic E-state index is 6.25. The fourth-order valence-electron chi connectivity index (χ4n) is 2.91. The summed E-state index contributed by atoms with van der Waals surface area (Å²) in [5, 5.41) is 0. The van der Waals surface area contributed by atoms with Crippen molar-refractivity contribution in [3.63, 3.8) is 0 Å². The van der Waals surface area contributed by atoms with Gasteiger partial charge in [0.05, 0.1) is 19.3 Å². The molecule has 0 radical (unpaired) electrons. The monoisotopic (exact) mass is 306 g/mol. The van der Waals surface area contributed by atoms with Gasteiger partial charge >= 0.3 is 0 Å². The highest BCUT2D eigenvalue weighted by Gasteiger charge is 2.27. The third kappa shape index (κ3) is 4.20. The molecule has 0 spiro atoms. The molecule has 2 atom stereocenters. The molecule has 1 heterocycles. The molecular formula is C21H22O2. The van der Waals surface area contributed by atoms with Gasteiger partial charge in [-0.05, 0) is 24.0 Å². The van der Waals surface area contributed by atoms with Crippen molar-refractivity contribution in [1.82, 2.24) is 0 Å². The maximum Gasteiger partial charge on any atom is 0.110 e. The first-order chi connectivity index (χ1) is 11.4. The number of benzene rings is 2. The summed E-state index contributed by atoms with van der Waals surface area (Å²) in [4.78, 5) is 0. The highest BCUT2D eigenvalue weighted by molar-refractivity contribution is 5.21. The Labute approximate surface area is 138 Å². The Balaban J connectivity index is 1.60. The summed E-state index contributed by atoms with van der Waals surface area (Å²) in [5.41, 5.74) is 6.55. The summed E-state index contributed by atoms with van der Waals surface area (Å²) in [6, 6.07) is 20.6. The minimum absolute atomic E-state index is 0.0600. The van der Waals surface area contributed by atoms with Crippen LogP contribution in [0, 0.1) is 0 Å². The van der Waals surface area contributed by atoms with Crippen molar-refractivity contribution in [3.05, 3.63) is 89.7 Å². The first-order valence-corrected chi connectivity index (χ1v) is 8.07. The van der Waals surface area contributed by atoms with Crippen molar-refractivity contribution >= 4 is 0 Å². The second-order valence-electron chi connectivity index (χ2n) is 5.77. The quantitative estimate of drug-likeness (QED) is 0.736. The Morgan fingerprint density at radius 2 is 1.74 bits per heavy atom. The van der Waals surface area contributed by atoms with E-state index in [2.05, 4.69) is 48.7 Å². The van der Waals surface area contributed by atoms with E-state index in [1.54, 1.807) is 0 Å². The van der Waals surface area contributed by atoms with E-state index in [9.17, 15) is 0 Å². The molecular weight excluding hydrogens is 284 g/mol. The fraction of sp³-hybridized carbons (Fsp3) is 0.286. The molecule has 2 aromatic carbocycles. The lowest BCUT2D eigenvalue weighted by molar-refractivity contribution is -0.0639. The Morgan fingerprint density at radius 1 is 1.04 bits per heavy atom. The second kappa shape index (κ2) is 7.94. The smallest absolute Gasteiger partial charge is 0.110 e. The van der Waals surface area contributed by atoms with E-state index >= 15 is 0 Å². The van der Waals surface area contributed by atoms with Gasteiger partial charge in [0.25, 0.3) is 0 Å². The molecule has 0 aromatic heterocycles. The van der Waals surface area contributed by atoms with Gasteiger partial charge in [-0.1, -0.05) is 67.2 Å². The van der Waals surface area contributed by atoms with Crippen LogP contribution in [0.1, 0.15) is 30.1 Å². The van der Waals surface area contributed by atoms with E-state index in [-0.39, 0.29) is 12.2 Å². The zero-order valence-electron chi connectivity index (χ0n) is 13.3. The normalized spacial score (nSPS) is 21.0. The van der Waals surface area contributed by atoms with Crippen molar-refractivity contribution in [3.8, 4) is 0 Å². The Hall–Kier alpha value is -2.12. The van der Waals surface area contributed by atoms with Crippen LogP contribution < -0.4 is 0 Å². The van der Waals surface area contributed by atoms with Gasteiger partial charge in [-0.25, -0.2) is 0 Å². The van der Waals surface area contributed by atoms with Crippen LogP contribution in [0.3, 0.4) is 0 Å². The average molecular weight is 306 g/mol. The van der Waals surface area contributed by atoms with Crippen LogP contribution in [0.25, 0.3) is 0 Å². The van der Waals surface area contributed by atoms with Crippen LogP contribution in [-0.2, 0) is 16.1 Å². The van der Waals surface area contributed by atoms with E-state index in [1.165, 1.54) is 11.1 Å². The largest absolute Gasteiger partial charge is 0.374 e. The molecule has 23 heavy (non-hydrogen) atoms. The van der Waals surface area contributed by atoms with E-state index in [1.807, 2.05) is 24.3 Å². The minimum Gasteiger partial charge on any atom is -0.374 e. The van der Waals surface area contributed by atoms with Crippen LogP contribution in [0.2, 0.25) is 0 Å². The third-order valence-electron chi connectivity index (χ3n) is 4.17. The van der Waals surface area contributed by atoms with Gasteiger partial charge in [-0.15, -0.1) is 5.73 Å². The summed E-state index contributed by atoms with van der Waals surface area (Å²) >= 11 is 0. The summed E-state index contributed by atoms with van der Waals surface area (Å²) in [7, 11) is 0. The highest BCUT2D eigenvalue weighted by atomic mass is 16.5. The molecule has 0 bridgehead atoms. The fourth-order valence-corrected chi connectivity index (χ4v) is 2.91. The molecule has 2 nitrogen and oxygen atoms in total. The number of hydrogen-bond donors (Lipinski definition) is 0. The summed E-state index contributed by atoms with van der Waals surface area (Å²) < 4.78 is 12.1. The van der Waals surface area contributed by atoms with Crippen molar-refractivity contribution in [2.75, 3.05) is 6.61 Å². The minimum atomic E-state index is -0.0600. The standard InChI is InChI=1S/C21H22O2/c1-2-18-13-14-20(19-11-7-4-8-12-19)23-21(18)16-22-15-17-9-5-3-6-10-17/h3-12,20-21H,1,13-16H2/t20-,21-/m1/s1. The summed E-state index contributed by atoms with van der Waals surface area (Å²) in [5.74, 6) is 0. The van der Waals surface area contributed by atoms with Crippen molar-refractivity contribution in [2.45, 2.75) is 31.7 Å². The molecule has 2 heteroatoms. The molecule has 1 saturated heterocycles. The van der Waals surface area contributed by atoms with E-state index < -0.39 is 0 Å². The van der Waals surface area contributed by atoms with Gasteiger partial charge < -0.3 is 9.47 Å². The van der Waals surface area contributed by atoms with Gasteiger partial charge in [0, 0.05) is 5.57 Å². The lowest BCUT2D eigenvalue weighted by Gasteiger charge is -2.31. The van der Waals surface area contributed by atoms with Crippen LogP contribution in [-0.4, -0.2) is 12.7 Å². The summed E-state index contributed by atoms with van der Waals surface area (Å²) in [6.07, 6.45) is 1.99. The Morgan fingerprint density at radius 3 is 2.43 bits per heavy atom. The molecule has 1 aliphatic heterocycles. The molecule has 3 rings (SSSR count). The topological polar surface area (TPSA) is 18.5 Å². The van der Waals surface area contributed by atoms with Gasteiger partial charge in [0.2, 0.25) is 0 Å². The Bertz CT molecular complexity index is 657. The molecule has 118 valence electrons. The van der Waals surface area contributed by atoms with E-state index in [4.69, 9.17) is 9.47 Å². The number of rotatable bonds is 5. The zero-order chi connectivity index (χ0) is 15.9. The van der Waals surface area contributed by atoms with Gasteiger partial charge in [0.1, 0.15) is 6.10 Å². The molecule has 1 fully saturated rings. The Kier molecular flexibility index (Phi) is 5.44. The van der Waals surface area contributed by atoms with Gasteiger partial charge in [-0.2, -0.15) is 0 Å². The molecule has 1 aliphatic rings. The molecule has 0 aliphatic carbocycles. The van der Waals surface area contributed by atoms with Crippen LogP contribution in [0.15, 0.2) is 78.5 Å². The van der Waals surface area contributed by atoms with Crippen molar-refractivity contribution < 1.29 is 9.47 Å². The molecule has 0 amide bonds. The van der Waals surface area contributed by atoms with E-state index in [0.717, 1.165) is 18.4 Å². The predicted molar refractivity (Wildman–Crippen MR) is 92.0 cm³/mol. The lowest BCUT2D eigenvalue weighted by atomic mass is 9.95. The predicted octanol–water partition coefficient (Wildman–Crippen LogP) is 4.83. The SMILES string of the molecule is C=C=C1CC[C@H](c2ccccc2)O[C@@H]1COCc1ccccc1. The third-order valence-corrected chi connectivity index (χ3v) is 4.17. The first-order valence-electron chi connectivity index (χ1n) is 8.07. The first kappa shape index (κ1) is 15.8. The molecule has 0 saturated carbocycles. The lowest BCUT2D eigenvalue weighted by Crippen LogP contribution is -2.29. The highest BCUT2D eigenvalue weighted by Crippen LogP contribution is 2.33. The van der Waals surface area contributed by atoms with Crippen LogP contribution >= 0.6 is 0 Å². The molecule has 2 aromatic rings. The number of ether oxygens (including phenoxy) is 2. The zero-order valence-corrected chi connectivity index (χ0v) is 13.3. The average Bonchev–Trinajstić information content (AvgIpc) is 2.63. The van der Waals surface area contributed by atoms with Crippen molar-refractivity contribution in [2.24, 2.45) is 0 Å². The maximum absolute atomic E-state index is 6.25. The molecule has 0 N–H and O–H groups in total.